The summed E-state index contributed by atoms with van der Waals surface area (Å²) in [4.78, 5) is 4.47. The lowest BCUT2D eigenvalue weighted by Crippen LogP contribution is -2.10. The molecule has 1 aromatic carbocycles. The number of rotatable bonds is 3. The number of hydrogen-bond donors (Lipinski definition) is 0. The summed E-state index contributed by atoms with van der Waals surface area (Å²) < 4.78 is 0. The van der Waals surface area contributed by atoms with E-state index >= 15 is 0 Å². The van der Waals surface area contributed by atoms with Gasteiger partial charge in [-0.3, -0.25) is 0 Å². The first-order valence-corrected chi connectivity index (χ1v) is 9.29. The van der Waals surface area contributed by atoms with Gasteiger partial charge >= 0.3 is 0 Å². The molecule has 0 atom stereocenters. The Labute approximate surface area is 138 Å². The summed E-state index contributed by atoms with van der Waals surface area (Å²) in [6.45, 7) is 13.9. The van der Waals surface area contributed by atoms with Gasteiger partial charge in [-0.2, -0.15) is 0 Å². The minimum atomic E-state index is 0.215. The van der Waals surface area contributed by atoms with Gasteiger partial charge in [0.25, 0.3) is 0 Å². The first-order chi connectivity index (χ1) is 9.68. The molecule has 114 valence electrons. The average molecular weight is 319 g/mol. The molecule has 0 aliphatic heterocycles. The highest BCUT2D eigenvalue weighted by Crippen LogP contribution is 2.43. The van der Waals surface area contributed by atoms with Crippen LogP contribution in [0.4, 0.5) is 0 Å². The van der Waals surface area contributed by atoms with E-state index in [1.807, 2.05) is 23.1 Å². The van der Waals surface area contributed by atoms with E-state index in [4.69, 9.17) is 0 Å². The van der Waals surface area contributed by atoms with Crippen molar-refractivity contribution in [1.82, 2.24) is 0 Å². The van der Waals surface area contributed by atoms with Crippen molar-refractivity contribution in [2.75, 3.05) is 0 Å². The van der Waals surface area contributed by atoms with Crippen molar-refractivity contribution >= 4 is 23.1 Å². The molecule has 0 fully saturated rings. The number of thiophene rings is 1. The van der Waals surface area contributed by atoms with Crippen LogP contribution >= 0.6 is 23.1 Å². The Morgan fingerprint density at radius 2 is 1.52 bits per heavy atom. The molecule has 0 unspecified atom stereocenters. The van der Waals surface area contributed by atoms with Gasteiger partial charge in [0.15, 0.2) is 0 Å². The quantitative estimate of drug-likeness (QED) is 0.572. The third kappa shape index (κ3) is 4.37. The minimum Gasteiger partial charge on any atom is -0.143 e. The lowest BCUT2D eigenvalue weighted by atomic mass is 9.93. The fourth-order valence-corrected chi connectivity index (χ4v) is 4.81. The Morgan fingerprint density at radius 3 is 2.05 bits per heavy atom. The van der Waals surface area contributed by atoms with Gasteiger partial charge in [-0.25, -0.2) is 0 Å². The monoisotopic (exact) mass is 318 g/mol. The largest absolute Gasteiger partial charge is 0.143 e. The first-order valence-electron chi connectivity index (χ1n) is 7.49. The van der Waals surface area contributed by atoms with Crippen molar-refractivity contribution in [2.24, 2.45) is 0 Å². The van der Waals surface area contributed by atoms with Crippen LogP contribution in [0.25, 0.3) is 0 Å². The van der Waals surface area contributed by atoms with Gasteiger partial charge < -0.3 is 0 Å². The molecule has 0 N–H and O–H groups in total. The zero-order chi connectivity index (χ0) is 15.7. The Morgan fingerprint density at radius 1 is 0.905 bits per heavy atom. The van der Waals surface area contributed by atoms with Crippen molar-refractivity contribution < 1.29 is 0 Å². The van der Waals surface area contributed by atoms with E-state index in [0.29, 0.717) is 0 Å². The normalized spacial score (nSPS) is 12.7. The van der Waals surface area contributed by atoms with Crippen molar-refractivity contribution in [3.05, 3.63) is 51.7 Å². The molecular weight excluding hydrogens is 292 g/mol. The fourth-order valence-electron chi connectivity index (χ4n) is 2.11. The average Bonchev–Trinajstić information content (AvgIpc) is 2.81. The zero-order valence-electron chi connectivity index (χ0n) is 14.0. The molecule has 0 aliphatic carbocycles. The molecule has 21 heavy (non-hydrogen) atoms. The van der Waals surface area contributed by atoms with Gasteiger partial charge in [-0.15, -0.1) is 23.1 Å². The van der Waals surface area contributed by atoms with E-state index in [0.717, 1.165) is 5.75 Å². The SMILES string of the molecule is CC(C)(C)c1cc(SCc2ccccc2)c(C(C)(C)C)s1. The lowest BCUT2D eigenvalue weighted by Gasteiger charge is -2.19. The molecule has 1 heterocycles. The van der Waals surface area contributed by atoms with E-state index in [-0.39, 0.29) is 10.8 Å². The van der Waals surface area contributed by atoms with Crippen LogP contribution in [0.15, 0.2) is 41.3 Å². The number of thioether (sulfide) groups is 1. The van der Waals surface area contributed by atoms with E-state index in [1.54, 1.807) is 0 Å². The van der Waals surface area contributed by atoms with Crippen molar-refractivity contribution in [3.8, 4) is 0 Å². The van der Waals surface area contributed by atoms with Crippen LogP contribution < -0.4 is 0 Å². The zero-order valence-corrected chi connectivity index (χ0v) is 15.6. The highest BCUT2D eigenvalue weighted by atomic mass is 32.2. The maximum absolute atomic E-state index is 2.42. The van der Waals surface area contributed by atoms with Gasteiger partial charge in [0.2, 0.25) is 0 Å². The van der Waals surface area contributed by atoms with E-state index in [1.165, 1.54) is 20.2 Å². The van der Waals surface area contributed by atoms with Crippen LogP contribution in [0.2, 0.25) is 0 Å². The molecule has 0 saturated heterocycles. The Bertz CT molecular complexity index is 580. The second-order valence-electron chi connectivity index (χ2n) is 7.58. The summed E-state index contributed by atoms with van der Waals surface area (Å²) in [5, 5.41) is 0. The highest BCUT2D eigenvalue weighted by molar-refractivity contribution is 7.98. The first kappa shape index (κ1) is 16.6. The second kappa shape index (κ2) is 6.18. The molecule has 0 saturated carbocycles. The molecule has 0 nitrogen and oxygen atoms in total. The van der Waals surface area contributed by atoms with Crippen molar-refractivity contribution in [2.45, 2.75) is 63.0 Å². The summed E-state index contributed by atoms with van der Waals surface area (Å²) in [7, 11) is 0. The van der Waals surface area contributed by atoms with E-state index < -0.39 is 0 Å². The molecule has 0 bridgehead atoms. The van der Waals surface area contributed by atoms with Gasteiger partial charge in [-0.1, -0.05) is 71.9 Å². The van der Waals surface area contributed by atoms with Gasteiger partial charge in [-0.05, 0) is 22.5 Å². The van der Waals surface area contributed by atoms with E-state index in [2.05, 4.69) is 77.9 Å². The summed E-state index contributed by atoms with van der Waals surface area (Å²) >= 11 is 3.96. The molecular formula is C19H26S2. The Kier molecular flexibility index (Phi) is 4.89. The van der Waals surface area contributed by atoms with Gasteiger partial charge in [0.1, 0.15) is 0 Å². The van der Waals surface area contributed by atoms with Crippen LogP contribution in [0.5, 0.6) is 0 Å². The van der Waals surface area contributed by atoms with Crippen molar-refractivity contribution in [3.63, 3.8) is 0 Å². The van der Waals surface area contributed by atoms with Crippen LogP contribution in [-0.4, -0.2) is 0 Å². The van der Waals surface area contributed by atoms with Crippen LogP contribution in [-0.2, 0) is 16.6 Å². The summed E-state index contributed by atoms with van der Waals surface area (Å²) in [5.41, 5.74) is 1.84. The predicted molar refractivity (Wildman–Crippen MR) is 97.7 cm³/mol. The highest BCUT2D eigenvalue weighted by Gasteiger charge is 2.25. The second-order valence-corrected chi connectivity index (χ2v) is 9.65. The number of hydrogen-bond acceptors (Lipinski definition) is 2. The summed E-state index contributed by atoms with van der Waals surface area (Å²) in [6, 6.07) is 13.2. The van der Waals surface area contributed by atoms with Crippen LogP contribution in [0.1, 0.15) is 56.9 Å². The molecule has 2 heteroatoms. The third-order valence-corrected chi connectivity index (χ3v) is 6.58. The maximum atomic E-state index is 2.42. The maximum Gasteiger partial charge on any atom is 0.0238 e. The smallest absolute Gasteiger partial charge is 0.0238 e. The summed E-state index contributed by atoms with van der Waals surface area (Å²) in [5.74, 6) is 1.05. The van der Waals surface area contributed by atoms with Crippen LogP contribution in [0.3, 0.4) is 0 Å². The predicted octanol–water partition coefficient (Wildman–Crippen LogP) is 6.64. The van der Waals surface area contributed by atoms with Crippen molar-refractivity contribution in [1.29, 1.82) is 0 Å². The van der Waals surface area contributed by atoms with Crippen LogP contribution in [0, 0.1) is 0 Å². The third-order valence-electron chi connectivity index (χ3n) is 3.36. The van der Waals surface area contributed by atoms with E-state index in [9.17, 15) is 0 Å². The molecule has 0 spiro atoms. The summed E-state index contributed by atoms with van der Waals surface area (Å²) in [6.07, 6.45) is 0. The standard InChI is InChI=1S/C19H26S2/c1-18(2,3)16-12-15(17(21-16)19(4,5)6)20-13-14-10-8-7-9-11-14/h7-12H,13H2,1-6H3. The Balaban J connectivity index is 2.27. The molecule has 1 aromatic heterocycles. The minimum absolute atomic E-state index is 0.215. The lowest BCUT2D eigenvalue weighted by molar-refractivity contribution is 0.593. The topological polar surface area (TPSA) is 0 Å². The number of benzene rings is 1. The molecule has 0 amide bonds. The molecule has 0 radical (unpaired) electrons. The molecule has 2 aromatic rings. The molecule has 0 aliphatic rings. The Hall–Kier alpha value is -0.730. The fraction of sp³-hybridized carbons (Fsp3) is 0.474. The van der Waals surface area contributed by atoms with Gasteiger partial charge in [0, 0.05) is 20.4 Å². The van der Waals surface area contributed by atoms with Gasteiger partial charge in [0.05, 0.1) is 0 Å². The molecule has 2 rings (SSSR count).